The van der Waals surface area contributed by atoms with Gasteiger partial charge >= 0.3 is 0 Å². The van der Waals surface area contributed by atoms with Crippen molar-refractivity contribution in [2.75, 3.05) is 0 Å². The van der Waals surface area contributed by atoms with E-state index in [1.165, 1.54) is 30.4 Å². The lowest BCUT2D eigenvalue weighted by molar-refractivity contribution is 0.665. The zero-order chi connectivity index (χ0) is 8.23. The van der Waals surface area contributed by atoms with Crippen LogP contribution in [-0.4, -0.2) is 0 Å². The Morgan fingerprint density at radius 1 is 1.08 bits per heavy atom. The highest BCUT2D eigenvalue weighted by Gasteiger charge is 2.05. The minimum atomic E-state index is 1.25. The van der Waals surface area contributed by atoms with E-state index >= 15 is 0 Å². The first kappa shape index (κ1) is 7.39. The summed E-state index contributed by atoms with van der Waals surface area (Å²) < 4.78 is 0. The molecule has 2 rings (SSSR count). The smallest absolute Gasteiger partial charge is 0.0128 e. The first-order chi connectivity index (χ1) is 5.95. The Bertz CT molecular complexity index is 307. The van der Waals surface area contributed by atoms with Gasteiger partial charge in [0.1, 0.15) is 0 Å². The summed E-state index contributed by atoms with van der Waals surface area (Å²) in [5.74, 6) is 0. The lowest BCUT2D eigenvalue weighted by Gasteiger charge is -2.11. The predicted molar refractivity (Wildman–Crippen MR) is 51.8 cm³/mol. The summed E-state index contributed by atoms with van der Waals surface area (Å²) in [5, 5.41) is 0. The lowest BCUT2D eigenvalue weighted by atomic mass is 9.93. The van der Waals surface area contributed by atoms with Crippen LogP contribution in [0, 0.1) is 0 Å². The van der Waals surface area contributed by atoms with Gasteiger partial charge in [0.05, 0.1) is 0 Å². The molecule has 0 spiro atoms. The summed E-state index contributed by atoms with van der Waals surface area (Å²) in [6.45, 7) is 0. The quantitative estimate of drug-likeness (QED) is 0.546. The summed E-state index contributed by atoms with van der Waals surface area (Å²) in [6.07, 6.45) is 5.94. The largest absolute Gasteiger partial charge is 0.121 e. The van der Waals surface area contributed by atoms with Gasteiger partial charge in [0.15, 0.2) is 0 Å². The Kier molecular flexibility index (Phi) is 2.11. The van der Waals surface area contributed by atoms with Crippen LogP contribution < -0.4 is 0 Å². The Labute approximate surface area is 73.2 Å². The van der Waals surface area contributed by atoms with Crippen LogP contribution in [0.15, 0.2) is 41.6 Å². The van der Waals surface area contributed by atoms with Crippen molar-refractivity contribution in [2.45, 2.75) is 19.3 Å². The molecule has 0 nitrogen and oxygen atoms in total. The van der Waals surface area contributed by atoms with Crippen LogP contribution in [0.2, 0.25) is 0 Å². The van der Waals surface area contributed by atoms with E-state index in [0.29, 0.717) is 0 Å². The molecule has 0 atom stereocenters. The van der Waals surface area contributed by atoms with Crippen molar-refractivity contribution < 1.29 is 0 Å². The summed E-state index contributed by atoms with van der Waals surface area (Å²) >= 11 is 0. The van der Waals surface area contributed by atoms with Gasteiger partial charge in [-0.1, -0.05) is 30.3 Å². The van der Waals surface area contributed by atoms with Crippen LogP contribution in [0.3, 0.4) is 0 Å². The summed E-state index contributed by atoms with van der Waals surface area (Å²) in [5.41, 5.74) is 6.05. The molecule has 0 N–H and O–H groups in total. The zero-order valence-corrected chi connectivity index (χ0v) is 7.09. The summed E-state index contributed by atoms with van der Waals surface area (Å²) in [4.78, 5) is 0. The van der Waals surface area contributed by atoms with E-state index in [-0.39, 0.29) is 0 Å². The monoisotopic (exact) mass is 156 g/mol. The van der Waals surface area contributed by atoms with Gasteiger partial charge in [-0.05, 0) is 36.5 Å². The first-order valence-corrected chi connectivity index (χ1v) is 4.45. The fraction of sp³-hybridized carbons (Fsp3) is 0.250. The molecule has 0 bridgehead atoms. The van der Waals surface area contributed by atoms with Gasteiger partial charge in [0.25, 0.3) is 0 Å². The molecule has 0 saturated heterocycles. The van der Waals surface area contributed by atoms with Crippen LogP contribution >= 0.6 is 0 Å². The number of allylic oxidation sites excluding steroid dienone is 1. The van der Waals surface area contributed by atoms with E-state index in [4.69, 9.17) is 0 Å². The third kappa shape index (κ3) is 1.66. The molecule has 1 fully saturated rings. The van der Waals surface area contributed by atoms with Crippen molar-refractivity contribution in [1.29, 1.82) is 0 Å². The van der Waals surface area contributed by atoms with Gasteiger partial charge in [-0.15, -0.1) is 5.73 Å². The standard InChI is InChI=1S/C12H12/c1-2-5-11(6-3-1)9-10-12-7-4-8-12/h1-3,5-6,9H,4,7-8H2. The topological polar surface area (TPSA) is 0 Å². The number of hydrogen-bond donors (Lipinski definition) is 0. The lowest BCUT2D eigenvalue weighted by Crippen LogP contribution is -1.93. The van der Waals surface area contributed by atoms with Gasteiger partial charge in [-0.2, -0.15) is 0 Å². The van der Waals surface area contributed by atoms with Crippen molar-refractivity contribution in [3.05, 3.63) is 47.2 Å². The normalized spacial score (nSPS) is 14.8. The molecule has 0 aromatic heterocycles. The second-order valence-corrected chi connectivity index (χ2v) is 3.16. The zero-order valence-electron chi connectivity index (χ0n) is 7.09. The van der Waals surface area contributed by atoms with E-state index in [2.05, 4.69) is 36.1 Å². The van der Waals surface area contributed by atoms with Gasteiger partial charge < -0.3 is 0 Å². The average Bonchev–Trinajstić information content (AvgIpc) is 2.04. The first-order valence-electron chi connectivity index (χ1n) is 4.45. The third-order valence-electron chi connectivity index (χ3n) is 2.20. The maximum atomic E-state index is 3.33. The predicted octanol–water partition coefficient (Wildman–Crippen LogP) is 3.41. The molecule has 1 aliphatic carbocycles. The maximum Gasteiger partial charge on any atom is -0.0128 e. The molecule has 60 valence electrons. The van der Waals surface area contributed by atoms with Crippen molar-refractivity contribution in [3.8, 4) is 0 Å². The van der Waals surface area contributed by atoms with E-state index < -0.39 is 0 Å². The SMILES string of the molecule is C(=Cc1ccccc1)=C1CCC1. The van der Waals surface area contributed by atoms with Crippen molar-refractivity contribution >= 4 is 6.08 Å². The van der Waals surface area contributed by atoms with Crippen LogP contribution in [-0.2, 0) is 0 Å². The molecule has 0 unspecified atom stereocenters. The van der Waals surface area contributed by atoms with Gasteiger partial charge in [0, 0.05) is 0 Å². The molecule has 0 amide bonds. The second-order valence-electron chi connectivity index (χ2n) is 3.16. The van der Waals surface area contributed by atoms with E-state index in [9.17, 15) is 0 Å². The molecular formula is C12H12. The minimum absolute atomic E-state index is 1.25. The van der Waals surface area contributed by atoms with Crippen molar-refractivity contribution in [2.24, 2.45) is 0 Å². The Balaban J connectivity index is 2.17. The molecule has 1 saturated carbocycles. The van der Waals surface area contributed by atoms with Gasteiger partial charge in [0.2, 0.25) is 0 Å². The third-order valence-corrected chi connectivity index (χ3v) is 2.20. The van der Waals surface area contributed by atoms with Gasteiger partial charge in [-0.3, -0.25) is 0 Å². The van der Waals surface area contributed by atoms with E-state index in [0.717, 1.165) is 0 Å². The minimum Gasteiger partial charge on any atom is -0.121 e. The highest BCUT2D eigenvalue weighted by Crippen LogP contribution is 2.23. The molecule has 0 heteroatoms. The highest BCUT2D eigenvalue weighted by molar-refractivity contribution is 5.49. The Hall–Kier alpha value is -1.26. The maximum absolute atomic E-state index is 3.33. The molecule has 1 aromatic carbocycles. The summed E-state index contributed by atoms with van der Waals surface area (Å²) in [6, 6.07) is 10.4. The molecule has 0 heterocycles. The van der Waals surface area contributed by atoms with Gasteiger partial charge in [-0.25, -0.2) is 0 Å². The second kappa shape index (κ2) is 3.42. The number of hydrogen-bond acceptors (Lipinski definition) is 0. The van der Waals surface area contributed by atoms with Crippen molar-refractivity contribution in [3.63, 3.8) is 0 Å². The molecule has 12 heavy (non-hydrogen) atoms. The fourth-order valence-electron chi connectivity index (χ4n) is 1.23. The average molecular weight is 156 g/mol. The summed E-state index contributed by atoms with van der Waals surface area (Å²) in [7, 11) is 0. The molecular weight excluding hydrogens is 144 g/mol. The molecule has 1 aromatic rings. The Morgan fingerprint density at radius 3 is 2.42 bits per heavy atom. The van der Waals surface area contributed by atoms with E-state index in [1.807, 2.05) is 6.07 Å². The van der Waals surface area contributed by atoms with Crippen LogP contribution in [0.25, 0.3) is 6.08 Å². The molecule has 0 aliphatic heterocycles. The van der Waals surface area contributed by atoms with Crippen LogP contribution in [0.1, 0.15) is 24.8 Å². The van der Waals surface area contributed by atoms with Crippen molar-refractivity contribution in [1.82, 2.24) is 0 Å². The van der Waals surface area contributed by atoms with E-state index in [1.54, 1.807) is 0 Å². The fourth-order valence-corrected chi connectivity index (χ4v) is 1.23. The Morgan fingerprint density at radius 2 is 1.83 bits per heavy atom. The number of benzene rings is 1. The highest BCUT2D eigenvalue weighted by atomic mass is 14.1. The number of rotatable bonds is 1. The van der Waals surface area contributed by atoms with Crippen LogP contribution in [0.5, 0.6) is 0 Å². The van der Waals surface area contributed by atoms with Crippen LogP contribution in [0.4, 0.5) is 0 Å². The molecule has 1 aliphatic rings. The molecule has 0 radical (unpaired) electrons.